The van der Waals surface area contributed by atoms with Gasteiger partial charge in [-0.1, -0.05) is 11.6 Å². The lowest BCUT2D eigenvalue weighted by Gasteiger charge is -2.22. The van der Waals surface area contributed by atoms with Crippen molar-refractivity contribution in [2.45, 2.75) is 50.7 Å². The molecule has 0 aromatic rings. The normalized spacial score (nSPS) is 26.2. The van der Waals surface area contributed by atoms with E-state index in [1.807, 2.05) is 0 Å². The van der Waals surface area contributed by atoms with Gasteiger partial charge >= 0.3 is 12.0 Å². The molecule has 1 fully saturated rings. The number of likely N-dealkylation sites (tertiary alicyclic amines) is 1. The van der Waals surface area contributed by atoms with E-state index in [4.69, 9.17) is 5.11 Å². The van der Waals surface area contributed by atoms with Gasteiger partial charge in [0.25, 0.3) is 0 Å². The van der Waals surface area contributed by atoms with E-state index >= 15 is 0 Å². The summed E-state index contributed by atoms with van der Waals surface area (Å²) in [6.45, 7) is 0.606. The van der Waals surface area contributed by atoms with Gasteiger partial charge in [-0.25, -0.2) is 9.59 Å². The molecule has 2 atom stereocenters. The first-order chi connectivity index (χ1) is 9.58. The Labute approximate surface area is 118 Å². The second kappa shape index (κ2) is 6.74. The third kappa shape index (κ3) is 3.72. The van der Waals surface area contributed by atoms with Crippen molar-refractivity contribution in [1.82, 2.24) is 10.2 Å². The van der Waals surface area contributed by atoms with E-state index in [2.05, 4.69) is 11.4 Å². The molecule has 0 aromatic carbocycles. The number of allylic oxidation sites excluding steroid dienone is 1. The van der Waals surface area contributed by atoms with Gasteiger partial charge in [0.15, 0.2) is 0 Å². The first-order valence-electron chi connectivity index (χ1n) is 7.21. The zero-order valence-corrected chi connectivity index (χ0v) is 11.5. The Balaban J connectivity index is 1.79. The van der Waals surface area contributed by atoms with Crippen LogP contribution < -0.4 is 5.32 Å². The molecule has 0 aromatic heterocycles. The zero-order valence-electron chi connectivity index (χ0n) is 11.5. The summed E-state index contributed by atoms with van der Waals surface area (Å²) in [7, 11) is 0. The summed E-state index contributed by atoms with van der Waals surface area (Å²) in [6.07, 6.45) is 7.06. The molecule has 1 heterocycles. The monoisotopic (exact) mass is 282 g/mol. The van der Waals surface area contributed by atoms with Crippen LogP contribution >= 0.6 is 0 Å². The highest BCUT2D eigenvalue weighted by Gasteiger charge is 2.38. The Morgan fingerprint density at radius 2 is 2.20 bits per heavy atom. The Bertz CT molecular complexity index is 408. The molecule has 2 rings (SSSR count). The minimum Gasteiger partial charge on any atom is -0.480 e. The maximum absolute atomic E-state index is 12.0. The van der Waals surface area contributed by atoms with Crippen molar-refractivity contribution >= 4 is 12.0 Å². The standard InChI is InChI=1S/C14H22N2O4/c17-11-8-12(13(18)19)16(9-11)14(20)15-7-6-10-4-2-1-3-5-10/h4,11-12,17H,1-3,5-9H2,(H,15,20)(H,18,19)/t11-,12-/m0/s1. The van der Waals surface area contributed by atoms with Crippen LogP contribution in [0.15, 0.2) is 11.6 Å². The van der Waals surface area contributed by atoms with Crippen molar-refractivity contribution in [2.75, 3.05) is 13.1 Å². The van der Waals surface area contributed by atoms with Crippen LogP contribution in [0.1, 0.15) is 38.5 Å². The van der Waals surface area contributed by atoms with Gasteiger partial charge < -0.3 is 20.4 Å². The van der Waals surface area contributed by atoms with E-state index in [0.29, 0.717) is 6.54 Å². The van der Waals surface area contributed by atoms with E-state index in [-0.39, 0.29) is 13.0 Å². The van der Waals surface area contributed by atoms with Crippen molar-refractivity contribution in [1.29, 1.82) is 0 Å². The van der Waals surface area contributed by atoms with Crippen LogP contribution in [0, 0.1) is 0 Å². The van der Waals surface area contributed by atoms with Crippen LogP contribution in [0.2, 0.25) is 0 Å². The molecule has 0 radical (unpaired) electrons. The lowest BCUT2D eigenvalue weighted by atomic mass is 9.97. The molecule has 0 bridgehead atoms. The molecular formula is C14H22N2O4. The van der Waals surface area contributed by atoms with Gasteiger partial charge in [0, 0.05) is 19.5 Å². The Kier molecular flexibility index (Phi) is 5.00. The van der Waals surface area contributed by atoms with Gasteiger partial charge in [0.1, 0.15) is 6.04 Å². The highest BCUT2D eigenvalue weighted by atomic mass is 16.4. The number of nitrogens with zero attached hydrogens (tertiary/aromatic N) is 1. The van der Waals surface area contributed by atoms with Gasteiger partial charge in [-0.2, -0.15) is 0 Å². The molecule has 1 aliphatic carbocycles. The minimum absolute atomic E-state index is 0.0888. The summed E-state index contributed by atoms with van der Waals surface area (Å²) in [5.41, 5.74) is 1.37. The Hall–Kier alpha value is -1.56. The van der Waals surface area contributed by atoms with Crippen LogP contribution in [-0.2, 0) is 4.79 Å². The van der Waals surface area contributed by atoms with E-state index in [1.165, 1.54) is 23.3 Å². The first kappa shape index (κ1) is 14.8. The number of aliphatic carboxylic acids is 1. The number of rotatable bonds is 4. The fraction of sp³-hybridized carbons (Fsp3) is 0.714. The number of β-amino-alcohol motifs (C(OH)–C–C–N with tert-alkyl or cyclic N) is 1. The molecule has 2 aliphatic rings. The number of aliphatic hydroxyl groups is 1. The molecule has 6 heteroatoms. The van der Waals surface area contributed by atoms with Gasteiger partial charge in [0.05, 0.1) is 6.10 Å². The van der Waals surface area contributed by atoms with Crippen molar-refractivity contribution in [2.24, 2.45) is 0 Å². The number of carboxylic acid groups (broad SMARTS) is 1. The van der Waals surface area contributed by atoms with Crippen molar-refractivity contribution in [3.8, 4) is 0 Å². The van der Waals surface area contributed by atoms with Crippen molar-refractivity contribution in [3.63, 3.8) is 0 Å². The SMILES string of the molecule is O=C(O)[C@@H]1C[C@H](O)CN1C(=O)NCCC1=CCCCC1. The summed E-state index contributed by atoms with van der Waals surface area (Å²) in [5, 5.41) is 21.3. The third-order valence-electron chi connectivity index (χ3n) is 3.93. The number of urea groups is 1. The van der Waals surface area contributed by atoms with Crippen LogP contribution in [0.25, 0.3) is 0 Å². The van der Waals surface area contributed by atoms with E-state index < -0.39 is 24.1 Å². The summed E-state index contributed by atoms with van der Waals surface area (Å²) in [5.74, 6) is -1.06. The quantitative estimate of drug-likeness (QED) is 0.674. The molecule has 112 valence electrons. The van der Waals surface area contributed by atoms with E-state index in [1.54, 1.807) is 0 Å². The molecule has 6 nitrogen and oxygen atoms in total. The molecule has 0 spiro atoms. The summed E-state index contributed by atoms with van der Waals surface area (Å²) in [6, 6.07) is -1.32. The van der Waals surface area contributed by atoms with E-state index in [9.17, 15) is 14.7 Å². The number of hydrogen-bond acceptors (Lipinski definition) is 3. The Morgan fingerprint density at radius 3 is 2.85 bits per heavy atom. The number of carbonyl (C=O) groups excluding carboxylic acids is 1. The predicted octanol–water partition coefficient (Wildman–Crippen LogP) is 1.11. The number of nitrogens with one attached hydrogen (secondary N) is 1. The Morgan fingerprint density at radius 1 is 1.40 bits per heavy atom. The number of hydrogen-bond donors (Lipinski definition) is 3. The van der Waals surface area contributed by atoms with Crippen molar-refractivity contribution < 1.29 is 19.8 Å². The van der Waals surface area contributed by atoms with Gasteiger partial charge in [0.2, 0.25) is 0 Å². The maximum Gasteiger partial charge on any atom is 0.326 e. The molecule has 0 saturated carbocycles. The summed E-state index contributed by atoms with van der Waals surface area (Å²) < 4.78 is 0. The molecule has 1 aliphatic heterocycles. The molecule has 0 unspecified atom stereocenters. The van der Waals surface area contributed by atoms with Crippen LogP contribution in [0.5, 0.6) is 0 Å². The minimum atomic E-state index is -1.06. The summed E-state index contributed by atoms with van der Waals surface area (Å²) >= 11 is 0. The van der Waals surface area contributed by atoms with Crippen LogP contribution in [0.3, 0.4) is 0 Å². The number of carboxylic acids is 1. The van der Waals surface area contributed by atoms with E-state index in [0.717, 1.165) is 19.3 Å². The first-order valence-corrected chi connectivity index (χ1v) is 7.21. The smallest absolute Gasteiger partial charge is 0.326 e. The number of aliphatic hydroxyl groups excluding tert-OH is 1. The number of carbonyl (C=O) groups is 2. The van der Waals surface area contributed by atoms with Crippen LogP contribution in [0.4, 0.5) is 4.79 Å². The zero-order chi connectivity index (χ0) is 14.5. The highest BCUT2D eigenvalue weighted by Crippen LogP contribution is 2.20. The van der Waals surface area contributed by atoms with Gasteiger partial charge in [-0.3, -0.25) is 0 Å². The molecule has 3 N–H and O–H groups in total. The third-order valence-corrected chi connectivity index (χ3v) is 3.93. The average molecular weight is 282 g/mol. The maximum atomic E-state index is 12.0. The van der Waals surface area contributed by atoms with Gasteiger partial charge in [-0.05, 0) is 32.1 Å². The van der Waals surface area contributed by atoms with Crippen molar-refractivity contribution in [3.05, 3.63) is 11.6 Å². The molecule has 1 saturated heterocycles. The summed E-state index contributed by atoms with van der Waals surface area (Å²) in [4.78, 5) is 24.2. The topological polar surface area (TPSA) is 89.9 Å². The molecular weight excluding hydrogens is 260 g/mol. The second-order valence-corrected chi connectivity index (χ2v) is 5.49. The predicted molar refractivity (Wildman–Crippen MR) is 73.3 cm³/mol. The number of amides is 2. The van der Waals surface area contributed by atoms with Crippen LogP contribution in [-0.4, -0.2) is 52.3 Å². The second-order valence-electron chi connectivity index (χ2n) is 5.49. The molecule has 2 amide bonds. The average Bonchev–Trinajstić information content (AvgIpc) is 2.82. The lowest BCUT2D eigenvalue weighted by Crippen LogP contribution is -2.46. The fourth-order valence-corrected chi connectivity index (χ4v) is 2.84. The lowest BCUT2D eigenvalue weighted by molar-refractivity contribution is -0.141. The van der Waals surface area contributed by atoms with Gasteiger partial charge in [-0.15, -0.1) is 0 Å². The fourth-order valence-electron chi connectivity index (χ4n) is 2.84. The molecule has 20 heavy (non-hydrogen) atoms. The largest absolute Gasteiger partial charge is 0.480 e. The highest BCUT2D eigenvalue weighted by molar-refractivity contribution is 5.83.